The topological polar surface area (TPSA) is 84.5 Å². The molecule has 5 heteroatoms. The monoisotopic (exact) mass is 251 g/mol. The molecule has 3 N–H and O–H groups in total. The fourth-order valence-corrected chi connectivity index (χ4v) is 1.78. The summed E-state index contributed by atoms with van der Waals surface area (Å²) >= 11 is 0. The van der Waals surface area contributed by atoms with Crippen LogP contribution in [0.15, 0.2) is 17.1 Å². The number of hydrogen-bond donors (Lipinski definition) is 2. The van der Waals surface area contributed by atoms with Gasteiger partial charge in [0.2, 0.25) is 5.91 Å². The predicted octanol–water partition coefficient (Wildman–Crippen LogP) is 0.446. The number of nitrogens with two attached hydrogens (primary N) is 1. The molecule has 1 rings (SSSR count). The highest BCUT2D eigenvalue weighted by molar-refractivity contribution is 6.01. The first kappa shape index (κ1) is 14.6. The first-order valence-corrected chi connectivity index (χ1v) is 6.27. The van der Waals surface area contributed by atoms with E-state index in [0.717, 1.165) is 5.71 Å². The molecule has 1 atom stereocenters. The van der Waals surface area contributed by atoms with Crippen molar-refractivity contribution in [2.75, 3.05) is 13.1 Å². The van der Waals surface area contributed by atoms with Crippen LogP contribution in [0.1, 0.15) is 26.7 Å². The van der Waals surface area contributed by atoms with Crippen LogP contribution in [0.3, 0.4) is 0 Å². The van der Waals surface area contributed by atoms with Gasteiger partial charge in [0.15, 0.2) is 5.78 Å². The van der Waals surface area contributed by atoms with Crippen molar-refractivity contribution >= 4 is 17.4 Å². The van der Waals surface area contributed by atoms with Crippen LogP contribution in [0.25, 0.3) is 0 Å². The second-order valence-electron chi connectivity index (χ2n) is 4.65. The molecule has 0 saturated heterocycles. The Morgan fingerprint density at radius 2 is 2.22 bits per heavy atom. The van der Waals surface area contributed by atoms with E-state index >= 15 is 0 Å². The molecule has 1 aliphatic heterocycles. The molecule has 0 fully saturated rings. The Balaban J connectivity index is 2.65. The summed E-state index contributed by atoms with van der Waals surface area (Å²) < 4.78 is 0. The van der Waals surface area contributed by atoms with Crippen LogP contribution < -0.4 is 11.1 Å². The second-order valence-corrected chi connectivity index (χ2v) is 4.65. The van der Waals surface area contributed by atoms with Gasteiger partial charge in [0, 0.05) is 31.0 Å². The molecule has 0 bridgehead atoms. The highest BCUT2D eigenvalue weighted by Crippen LogP contribution is 2.08. The number of allylic oxidation sites excluding steroid dienone is 1. The fourth-order valence-electron chi connectivity index (χ4n) is 1.78. The number of rotatable bonds is 7. The van der Waals surface area contributed by atoms with E-state index in [2.05, 4.69) is 10.3 Å². The van der Waals surface area contributed by atoms with Gasteiger partial charge in [-0.3, -0.25) is 14.6 Å². The molecule has 1 heterocycles. The molecule has 0 aromatic heterocycles. The van der Waals surface area contributed by atoms with Gasteiger partial charge in [-0.1, -0.05) is 19.9 Å². The van der Waals surface area contributed by atoms with Gasteiger partial charge in [-0.2, -0.15) is 0 Å². The van der Waals surface area contributed by atoms with Gasteiger partial charge in [0.1, 0.15) is 0 Å². The number of nitrogens with one attached hydrogen (secondary N) is 1. The zero-order valence-corrected chi connectivity index (χ0v) is 11.0. The zero-order valence-electron chi connectivity index (χ0n) is 11.0. The lowest BCUT2D eigenvalue weighted by Crippen LogP contribution is -2.44. The normalized spacial score (nSPS) is 15.7. The van der Waals surface area contributed by atoms with Gasteiger partial charge in [-0.15, -0.1) is 0 Å². The molecular weight excluding hydrogens is 230 g/mol. The van der Waals surface area contributed by atoms with Crippen molar-refractivity contribution in [3.8, 4) is 0 Å². The van der Waals surface area contributed by atoms with Crippen LogP contribution in [0.4, 0.5) is 0 Å². The van der Waals surface area contributed by atoms with Gasteiger partial charge >= 0.3 is 0 Å². The van der Waals surface area contributed by atoms with E-state index in [1.165, 1.54) is 0 Å². The lowest BCUT2D eigenvalue weighted by atomic mass is 9.97. The summed E-state index contributed by atoms with van der Waals surface area (Å²) in [5.41, 5.74) is 6.19. The lowest BCUT2D eigenvalue weighted by molar-refractivity contribution is -0.129. The standard InChI is InChI=1S/C13H21N3O2/c1-9(2)13(18)11(16-12(17)5-6-14)8-10-4-3-7-15-10/h3-4,9,11H,5-8,14H2,1-2H3,(H,16,17)/t11-/m0/s1. The van der Waals surface area contributed by atoms with Crippen LogP contribution in [0, 0.1) is 5.92 Å². The number of amides is 1. The molecule has 1 amide bonds. The number of ketones is 1. The molecule has 0 saturated carbocycles. The molecule has 100 valence electrons. The van der Waals surface area contributed by atoms with Crippen LogP contribution in [-0.4, -0.2) is 36.5 Å². The summed E-state index contributed by atoms with van der Waals surface area (Å²) in [6.45, 7) is 4.61. The van der Waals surface area contributed by atoms with E-state index in [-0.39, 0.29) is 30.6 Å². The third-order valence-corrected chi connectivity index (χ3v) is 2.74. The zero-order chi connectivity index (χ0) is 13.5. The molecule has 0 spiro atoms. The summed E-state index contributed by atoms with van der Waals surface area (Å²) in [7, 11) is 0. The van der Waals surface area contributed by atoms with Crippen molar-refractivity contribution in [1.82, 2.24) is 5.32 Å². The Morgan fingerprint density at radius 1 is 1.50 bits per heavy atom. The Kier molecular flexibility index (Phi) is 5.71. The predicted molar refractivity (Wildman–Crippen MR) is 71.5 cm³/mol. The summed E-state index contributed by atoms with van der Waals surface area (Å²) in [5.74, 6) is -0.262. The summed E-state index contributed by atoms with van der Waals surface area (Å²) in [6.07, 6.45) is 4.54. The van der Waals surface area contributed by atoms with Crippen LogP contribution >= 0.6 is 0 Å². The van der Waals surface area contributed by atoms with Crippen LogP contribution in [-0.2, 0) is 9.59 Å². The van der Waals surface area contributed by atoms with Crippen molar-refractivity contribution in [2.24, 2.45) is 16.6 Å². The number of carbonyl (C=O) groups excluding carboxylic acids is 2. The molecule has 0 aromatic rings. The second kappa shape index (κ2) is 7.06. The maximum atomic E-state index is 12.0. The average Bonchev–Trinajstić information content (AvgIpc) is 2.80. The van der Waals surface area contributed by atoms with Gasteiger partial charge < -0.3 is 11.1 Å². The van der Waals surface area contributed by atoms with Crippen LogP contribution in [0.5, 0.6) is 0 Å². The van der Waals surface area contributed by atoms with Gasteiger partial charge in [0.25, 0.3) is 0 Å². The maximum Gasteiger partial charge on any atom is 0.221 e. The fraction of sp³-hybridized carbons (Fsp3) is 0.615. The minimum Gasteiger partial charge on any atom is -0.346 e. The number of aliphatic imine (C=N–C) groups is 1. The highest BCUT2D eigenvalue weighted by Gasteiger charge is 2.24. The number of carbonyl (C=O) groups is 2. The molecule has 0 aliphatic carbocycles. The Morgan fingerprint density at radius 3 is 2.72 bits per heavy atom. The van der Waals surface area contributed by atoms with Gasteiger partial charge in [-0.05, 0) is 6.08 Å². The van der Waals surface area contributed by atoms with E-state index in [0.29, 0.717) is 13.0 Å². The molecule has 0 unspecified atom stereocenters. The van der Waals surface area contributed by atoms with E-state index in [1.807, 2.05) is 26.0 Å². The van der Waals surface area contributed by atoms with E-state index < -0.39 is 6.04 Å². The third kappa shape index (κ3) is 4.41. The first-order chi connectivity index (χ1) is 8.54. The SMILES string of the molecule is CC(C)C(=O)[C@H](CC1=NCC=C1)NC(=O)CCN. The molecular formula is C13H21N3O2. The van der Waals surface area contributed by atoms with Crippen molar-refractivity contribution < 1.29 is 9.59 Å². The smallest absolute Gasteiger partial charge is 0.221 e. The minimum atomic E-state index is -0.495. The first-order valence-electron chi connectivity index (χ1n) is 6.27. The van der Waals surface area contributed by atoms with E-state index in [1.54, 1.807) is 0 Å². The lowest BCUT2D eigenvalue weighted by Gasteiger charge is -2.19. The van der Waals surface area contributed by atoms with Crippen molar-refractivity contribution in [2.45, 2.75) is 32.7 Å². The molecule has 1 aliphatic rings. The Labute approximate surface area is 108 Å². The Hall–Kier alpha value is -1.49. The molecule has 5 nitrogen and oxygen atoms in total. The van der Waals surface area contributed by atoms with E-state index in [9.17, 15) is 9.59 Å². The molecule has 0 radical (unpaired) electrons. The number of Topliss-reactive ketones (excluding diaryl/α,β-unsaturated/α-hetero) is 1. The maximum absolute atomic E-state index is 12.0. The summed E-state index contributed by atoms with van der Waals surface area (Å²) in [5, 5.41) is 2.74. The van der Waals surface area contributed by atoms with Crippen molar-refractivity contribution in [3.63, 3.8) is 0 Å². The average molecular weight is 251 g/mol. The summed E-state index contributed by atoms with van der Waals surface area (Å²) in [6, 6.07) is -0.495. The van der Waals surface area contributed by atoms with Gasteiger partial charge in [0.05, 0.1) is 12.6 Å². The van der Waals surface area contributed by atoms with Crippen molar-refractivity contribution in [3.05, 3.63) is 12.2 Å². The largest absolute Gasteiger partial charge is 0.346 e. The quantitative estimate of drug-likeness (QED) is 0.689. The number of nitrogens with zero attached hydrogens (tertiary/aromatic N) is 1. The number of hydrogen-bond acceptors (Lipinski definition) is 4. The van der Waals surface area contributed by atoms with Crippen LogP contribution in [0.2, 0.25) is 0 Å². The van der Waals surface area contributed by atoms with E-state index in [4.69, 9.17) is 5.73 Å². The summed E-state index contributed by atoms with van der Waals surface area (Å²) in [4.78, 5) is 27.8. The van der Waals surface area contributed by atoms with Crippen molar-refractivity contribution in [1.29, 1.82) is 0 Å². The minimum absolute atomic E-state index is 0.0309. The Bertz CT molecular complexity index is 372. The highest BCUT2D eigenvalue weighted by atomic mass is 16.2. The van der Waals surface area contributed by atoms with Gasteiger partial charge in [-0.25, -0.2) is 0 Å². The molecule has 0 aromatic carbocycles. The third-order valence-electron chi connectivity index (χ3n) is 2.74. The molecule has 18 heavy (non-hydrogen) atoms.